The van der Waals surface area contributed by atoms with Crippen molar-refractivity contribution in [1.82, 2.24) is 9.78 Å². The van der Waals surface area contributed by atoms with Gasteiger partial charge in [-0.05, 0) is 23.4 Å². The van der Waals surface area contributed by atoms with Crippen LogP contribution in [0.15, 0.2) is 40.2 Å². The van der Waals surface area contributed by atoms with Crippen LogP contribution in [0, 0.1) is 0 Å². The molecule has 0 radical (unpaired) electrons. The lowest BCUT2D eigenvalue weighted by Gasteiger charge is -2.10. The summed E-state index contributed by atoms with van der Waals surface area (Å²) in [5.41, 5.74) is -0.542. The summed E-state index contributed by atoms with van der Waals surface area (Å²) in [5.74, 6) is 0.162. The van der Waals surface area contributed by atoms with Gasteiger partial charge in [0.1, 0.15) is 6.54 Å². The van der Waals surface area contributed by atoms with Gasteiger partial charge in [0.2, 0.25) is 0 Å². The average Bonchev–Trinajstić information content (AvgIpc) is 2.44. The van der Waals surface area contributed by atoms with E-state index in [4.69, 9.17) is 0 Å². The van der Waals surface area contributed by atoms with E-state index in [1.54, 1.807) is 23.9 Å². The summed E-state index contributed by atoms with van der Waals surface area (Å²) in [6.07, 6.45) is -3.52. The Morgan fingerprint density at radius 1 is 1.27 bits per heavy atom. The van der Waals surface area contributed by atoms with E-state index in [2.05, 4.69) is 5.10 Å². The molecule has 0 fully saturated rings. The number of thioether (sulfide) groups is 1. The Bertz CT molecular complexity index is 712. The number of alkyl halides is 3. The molecule has 0 amide bonds. The third-order valence-electron chi connectivity index (χ3n) is 2.82. The highest BCUT2D eigenvalue weighted by Gasteiger charge is 2.30. The first-order valence-electron chi connectivity index (χ1n) is 6.41. The minimum absolute atomic E-state index is 0.108. The lowest BCUT2D eigenvalue weighted by molar-refractivity contribution is -0.143. The fourth-order valence-electron chi connectivity index (χ4n) is 1.87. The van der Waals surface area contributed by atoms with Gasteiger partial charge in [0.05, 0.1) is 6.20 Å². The van der Waals surface area contributed by atoms with E-state index in [0.29, 0.717) is 5.56 Å². The summed E-state index contributed by atoms with van der Waals surface area (Å²) in [7, 11) is 0. The first-order valence-corrected chi connectivity index (χ1v) is 7.39. The molecule has 2 aromatic rings. The molecule has 0 saturated heterocycles. The third kappa shape index (κ3) is 3.82. The molecular weight excluding hydrogens is 317 g/mol. The molecule has 1 aromatic carbocycles. The number of aromatic nitrogens is 2. The summed E-state index contributed by atoms with van der Waals surface area (Å²) >= 11 is 1.63. The predicted molar refractivity (Wildman–Crippen MR) is 78.1 cm³/mol. The minimum atomic E-state index is -4.58. The Labute approximate surface area is 128 Å². The average molecular weight is 330 g/mol. The van der Waals surface area contributed by atoms with E-state index in [1.807, 2.05) is 19.1 Å². The molecule has 0 spiro atoms. The molecule has 1 aromatic heterocycles. The summed E-state index contributed by atoms with van der Waals surface area (Å²) in [4.78, 5) is 12.8. The molecule has 0 aliphatic rings. The smallest absolute Gasteiger partial charge is 0.408 e. The van der Waals surface area contributed by atoms with Crippen molar-refractivity contribution < 1.29 is 18.3 Å². The van der Waals surface area contributed by atoms with E-state index >= 15 is 0 Å². The first-order chi connectivity index (χ1) is 10.3. The molecule has 0 bridgehead atoms. The number of benzene rings is 1. The monoisotopic (exact) mass is 330 g/mol. The van der Waals surface area contributed by atoms with Crippen molar-refractivity contribution in [2.24, 2.45) is 0 Å². The van der Waals surface area contributed by atoms with E-state index in [-0.39, 0.29) is 10.2 Å². The van der Waals surface area contributed by atoms with Crippen LogP contribution in [-0.4, -0.2) is 26.8 Å². The Balaban J connectivity index is 2.37. The molecule has 8 heteroatoms. The summed E-state index contributed by atoms with van der Waals surface area (Å²) in [6.45, 7) is 0.473. The zero-order chi connectivity index (χ0) is 16.3. The number of hydrogen-bond acceptors (Lipinski definition) is 4. The molecular formula is C14H13F3N2O2S. The predicted octanol–water partition coefficient (Wildman–Crippen LogP) is 3.29. The quantitative estimate of drug-likeness (QED) is 0.874. The normalized spacial score (nSPS) is 11.6. The molecule has 1 N–H and O–H groups in total. The van der Waals surface area contributed by atoms with Crippen molar-refractivity contribution in [3.8, 4) is 16.9 Å². The van der Waals surface area contributed by atoms with Gasteiger partial charge >= 0.3 is 11.7 Å². The number of nitrogens with zero attached hydrogens (tertiary/aromatic N) is 2. The zero-order valence-electron chi connectivity index (χ0n) is 11.6. The molecule has 22 heavy (non-hydrogen) atoms. The van der Waals surface area contributed by atoms with Gasteiger partial charge < -0.3 is 5.11 Å². The number of halogens is 3. The fourth-order valence-corrected chi connectivity index (χ4v) is 2.53. The van der Waals surface area contributed by atoms with Crippen LogP contribution in [0.25, 0.3) is 11.1 Å². The molecule has 2 rings (SSSR count). The second-order valence-electron chi connectivity index (χ2n) is 4.44. The molecule has 118 valence electrons. The minimum Gasteiger partial charge on any atom is -0.503 e. The Morgan fingerprint density at radius 3 is 2.45 bits per heavy atom. The number of hydrogen-bond donors (Lipinski definition) is 1. The molecule has 0 atom stereocenters. The van der Waals surface area contributed by atoms with E-state index in [1.165, 1.54) is 0 Å². The fraction of sp³-hybridized carbons (Fsp3) is 0.286. The molecule has 0 saturated carbocycles. The van der Waals surface area contributed by atoms with Crippen molar-refractivity contribution in [3.05, 3.63) is 40.8 Å². The van der Waals surface area contributed by atoms with Crippen molar-refractivity contribution >= 4 is 11.8 Å². The number of aromatic hydroxyl groups is 1. The van der Waals surface area contributed by atoms with Crippen LogP contribution >= 0.6 is 11.8 Å². The first kappa shape index (κ1) is 16.4. The maximum Gasteiger partial charge on any atom is 0.408 e. The lowest BCUT2D eigenvalue weighted by atomic mass is 10.1. The van der Waals surface area contributed by atoms with Gasteiger partial charge in [-0.15, -0.1) is 11.8 Å². The van der Waals surface area contributed by atoms with Crippen molar-refractivity contribution in [2.45, 2.75) is 24.5 Å². The highest BCUT2D eigenvalue weighted by atomic mass is 32.2. The van der Waals surface area contributed by atoms with Gasteiger partial charge in [-0.1, -0.05) is 19.1 Å². The Hall–Kier alpha value is -1.96. The van der Waals surface area contributed by atoms with Crippen LogP contribution in [0.4, 0.5) is 13.2 Å². The summed E-state index contributed by atoms with van der Waals surface area (Å²) in [5, 5.41) is 13.3. The maximum absolute atomic E-state index is 12.3. The van der Waals surface area contributed by atoms with Crippen LogP contribution in [0.3, 0.4) is 0 Å². The zero-order valence-corrected chi connectivity index (χ0v) is 12.4. The topological polar surface area (TPSA) is 55.1 Å². The van der Waals surface area contributed by atoms with E-state index in [9.17, 15) is 23.1 Å². The van der Waals surface area contributed by atoms with Gasteiger partial charge in [-0.3, -0.25) is 4.79 Å². The SMILES string of the molecule is CCSc1ccc(-c2cnn(CC(F)(F)F)c(=O)c2O)cc1. The highest BCUT2D eigenvalue weighted by molar-refractivity contribution is 7.99. The molecule has 1 heterocycles. The van der Waals surface area contributed by atoms with Gasteiger partial charge in [-0.25, -0.2) is 4.68 Å². The van der Waals surface area contributed by atoms with E-state index < -0.39 is 24.0 Å². The van der Waals surface area contributed by atoms with Gasteiger partial charge in [0.25, 0.3) is 0 Å². The van der Waals surface area contributed by atoms with Crippen LogP contribution in [0.2, 0.25) is 0 Å². The largest absolute Gasteiger partial charge is 0.503 e. The molecule has 0 unspecified atom stereocenters. The molecule has 0 aliphatic heterocycles. The van der Waals surface area contributed by atoms with Crippen molar-refractivity contribution in [2.75, 3.05) is 5.75 Å². The molecule has 0 aliphatic carbocycles. The second-order valence-corrected chi connectivity index (χ2v) is 5.78. The van der Waals surface area contributed by atoms with E-state index in [0.717, 1.165) is 16.8 Å². The second kappa shape index (κ2) is 6.43. The van der Waals surface area contributed by atoms with Crippen LogP contribution in [0.1, 0.15) is 6.92 Å². The van der Waals surface area contributed by atoms with Crippen LogP contribution in [0.5, 0.6) is 5.75 Å². The van der Waals surface area contributed by atoms with Crippen LogP contribution < -0.4 is 5.56 Å². The Morgan fingerprint density at radius 2 is 1.91 bits per heavy atom. The van der Waals surface area contributed by atoms with Crippen LogP contribution in [-0.2, 0) is 6.54 Å². The molecule has 4 nitrogen and oxygen atoms in total. The van der Waals surface area contributed by atoms with Crippen molar-refractivity contribution in [3.63, 3.8) is 0 Å². The maximum atomic E-state index is 12.3. The highest BCUT2D eigenvalue weighted by Crippen LogP contribution is 2.28. The number of rotatable bonds is 4. The lowest BCUT2D eigenvalue weighted by Crippen LogP contribution is -2.30. The standard InChI is InChI=1S/C14H13F3N2O2S/c1-2-22-10-5-3-9(4-6-10)11-7-18-19(8-14(15,16)17)13(21)12(11)20/h3-7,20H,2,8H2,1H3. The van der Waals surface area contributed by atoms with Gasteiger partial charge in [-0.2, -0.15) is 18.3 Å². The summed E-state index contributed by atoms with van der Waals surface area (Å²) in [6, 6.07) is 6.99. The van der Waals surface area contributed by atoms with Crippen molar-refractivity contribution in [1.29, 1.82) is 0 Å². The van der Waals surface area contributed by atoms with Gasteiger partial charge in [0, 0.05) is 10.5 Å². The Kier molecular flexibility index (Phi) is 4.80. The third-order valence-corrected chi connectivity index (χ3v) is 3.72. The van der Waals surface area contributed by atoms with Gasteiger partial charge in [0.15, 0.2) is 5.75 Å². The summed E-state index contributed by atoms with van der Waals surface area (Å²) < 4.78 is 37.1.